The fourth-order valence-electron chi connectivity index (χ4n) is 1.83. The Kier molecular flexibility index (Phi) is 5.66. The van der Waals surface area contributed by atoms with Crippen molar-refractivity contribution in [1.29, 1.82) is 0 Å². The van der Waals surface area contributed by atoms with Crippen molar-refractivity contribution in [2.24, 2.45) is 0 Å². The minimum Gasteiger partial charge on any atom is -0.388 e. The lowest BCUT2D eigenvalue weighted by Crippen LogP contribution is -2.15. The molecule has 0 aromatic heterocycles. The Labute approximate surface area is 105 Å². The van der Waals surface area contributed by atoms with Gasteiger partial charge in [-0.25, -0.2) is 0 Å². The number of hydrogen-bond acceptors (Lipinski definition) is 2. The number of aliphatic hydroxyl groups is 1. The molecule has 2 unspecified atom stereocenters. The van der Waals surface area contributed by atoms with Gasteiger partial charge in [0.1, 0.15) is 0 Å². The van der Waals surface area contributed by atoms with Crippen LogP contribution >= 0.6 is 0 Å². The molecule has 0 heterocycles. The summed E-state index contributed by atoms with van der Waals surface area (Å²) in [5, 5.41) is 10.0. The summed E-state index contributed by atoms with van der Waals surface area (Å²) in [5.74, 6) is 0.600. The lowest BCUT2D eigenvalue weighted by Gasteiger charge is -2.16. The molecule has 1 N–H and O–H groups in total. The topological polar surface area (TPSA) is 23.5 Å². The first-order valence-corrected chi connectivity index (χ1v) is 6.47. The monoisotopic (exact) mass is 235 g/mol. The summed E-state index contributed by atoms with van der Waals surface area (Å²) in [5.41, 5.74) is 2.38. The highest BCUT2D eigenvalue weighted by molar-refractivity contribution is 5.26. The molecule has 0 saturated heterocycles. The van der Waals surface area contributed by atoms with E-state index in [4.69, 9.17) is 0 Å². The van der Waals surface area contributed by atoms with Gasteiger partial charge in [-0.05, 0) is 44.0 Å². The van der Waals surface area contributed by atoms with Crippen LogP contribution in [0.25, 0.3) is 0 Å². The van der Waals surface area contributed by atoms with Gasteiger partial charge in [0, 0.05) is 6.54 Å². The van der Waals surface area contributed by atoms with E-state index in [1.54, 1.807) is 0 Å². The van der Waals surface area contributed by atoms with E-state index in [0.29, 0.717) is 5.92 Å². The van der Waals surface area contributed by atoms with Crippen LogP contribution in [0.4, 0.5) is 0 Å². The lowest BCUT2D eigenvalue weighted by molar-refractivity contribution is 0.154. The van der Waals surface area contributed by atoms with Gasteiger partial charge in [0.25, 0.3) is 0 Å². The van der Waals surface area contributed by atoms with Crippen molar-refractivity contribution in [2.45, 2.75) is 38.7 Å². The third kappa shape index (κ3) is 4.49. The molecule has 0 aliphatic heterocycles. The zero-order chi connectivity index (χ0) is 12.8. The van der Waals surface area contributed by atoms with Crippen molar-refractivity contribution in [3.05, 3.63) is 35.4 Å². The average Bonchev–Trinajstić information content (AvgIpc) is 2.35. The Morgan fingerprint density at radius 2 is 1.65 bits per heavy atom. The summed E-state index contributed by atoms with van der Waals surface area (Å²) >= 11 is 0. The van der Waals surface area contributed by atoms with Crippen molar-refractivity contribution in [1.82, 2.24) is 4.90 Å². The highest BCUT2D eigenvalue weighted by atomic mass is 16.3. The molecule has 2 atom stereocenters. The molecule has 0 saturated carbocycles. The van der Waals surface area contributed by atoms with Gasteiger partial charge in [-0.1, -0.05) is 38.1 Å². The van der Waals surface area contributed by atoms with Crippen LogP contribution in [-0.4, -0.2) is 30.6 Å². The standard InChI is InChI=1S/C15H25NO/c1-5-12(2)13-6-8-14(9-7-13)15(17)10-11-16(3)4/h6-9,12,15,17H,5,10-11H2,1-4H3. The predicted octanol–water partition coefficient (Wildman–Crippen LogP) is 3.19. The molecule has 96 valence electrons. The van der Waals surface area contributed by atoms with Crippen LogP contribution in [0.3, 0.4) is 0 Å². The zero-order valence-electron chi connectivity index (χ0n) is 11.5. The highest BCUT2D eigenvalue weighted by Gasteiger charge is 2.09. The lowest BCUT2D eigenvalue weighted by atomic mass is 9.96. The average molecular weight is 235 g/mol. The fourth-order valence-corrected chi connectivity index (χ4v) is 1.83. The number of benzene rings is 1. The molecule has 0 bridgehead atoms. The van der Waals surface area contributed by atoms with Gasteiger partial charge >= 0.3 is 0 Å². The van der Waals surface area contributed by atoms with Gasteiger partial charge in [-0.2, -0.15) is 0 Å². The second-order valence-electron chi connectivity index (χ2n) is 5.08. The van der Waals surface area contributed by atoms with Crippen molar-refractivity contribution < 1.29 is 5.11 Å². The number of rotatable bonds is 6. The van der Waals surface area contributed by atoms with Crippen LogP contribution < -0.4 is 0 Å². The van der Waals surface area contributed by atoms with E-state index in [1.807, 2.05) is 14.1 Å². The maximum atomic E-state index is 10.0. The van der Waals surface area contributed by atoms with Gasteiger partial charge in [0.2, 0.25) is 0 Å². The normalized spacial score (nSPS) is 14.9. The van der Waals surface area contributed by atoms with Gasteiger partial charge < -0.3 is 10.0 Å². The minimum atomic E-state index is -0.344. The smallest absolute Gasteiger partial charge is 0.0802 e. The Morgan fingerprint density at radius 3 is 2.12 bits per heavy atom. The quantitative estimate of drug-likeness (QED) is 0.818. The molecule has 2 nitrogen and oxygen atoms in total. The largest absolute Gasteiger partial charge is 0.388 e. The molecule has 0 spiro atoms. The van der Waals surface area contributed by atoms with Crippen LogP contribution in [0.2, 0.25) is 0 Å². The maximum Gasteiger partial charge on any atom is 0.0802 e. The summed E-state index contributed by atoms with van der Waals surface area (Å²) in [6, 6.07) is 8.40. The van der Waals surface area contributed by atoms with Gasteiger partial charge in [-0.15, -0.1) is 0 Å². The van der Waals surface area contributed by atoms with Crippen molar-refractivity contribution in [2.75, 3.05) is 20.6 Å². The Hall–Kier alpha value is -0.860. The van der Waals surface area contributed by atoms with Crippen LogP contribution in [-0.2, 0) is 0 Å². The SMILES string of the molecule is CCC(C)c1ccc(C(O)CCN(C)C)cc1. The Bertz CT molecular complexity index is 318. The fraction of sp³-hybridized carbons (Fsp3) is 0.600. The summed E-state index contributed by atoms with van der Waals surface area (Å²) in [4.78, 5) is 2.09. The van der Waals surface area contributed by atoms with Crippen LogP contribution in [0.1, 0.15) is 49.8 Å². The summed E-state index contributed by atoms with van der Waals surface area (Å²) < 4.78 is 0. The maximum absolute atomic E-state index is 10.0. The van der Waals surface area contributed by atoms with Crippen LogP contribution in [0, 0.1) is 0 Å². The number of aliphatic hydroxyl groups excluding tert-OH is 1. The van der Waals surface area contributed by atoms with Crippen molar-refractivity contribution in [3.63, 3.8) is 0 Å². The van der Waals surface area contributed by atoms with Crippen molar-refractivity contribution >= 4 is 0 Å². The molecule has 17 heavy (non-hydrogen) atoms. The number of nitrogens with zero attached hydrogens (tertiary/aromatic N) is 1. The molecule has 0 aliphatic rings. The van der Waals surface area contributed by atoms with E-state index in [1.165, 1.54) is 5.56 Å². The highest BCUT2D eigenvalue weighted by Crippen LogP contribution is 2.22. The third-order valence-corrected chi connectivity index (χ3v) is 3.35. The van der Waals surface area contributed by atoms with E-state index in [2.05, 4.69) is 43.0 Å². The molecule has 2 heteroatoms. The molecular weight excluding hydrogens is 210 g/mol. The first kappa shape index (κ1) is 14.2. The third-order valence-electron chi connectivity index (χ3n) is 3.35. The Morgan fingerprint density at radius 1 is 1.12 bits per heavy atom. The van der Waals surface area contributed by atoms with E-state index in [0.717, 1.165) is 24.9 Å². The summed E-state index contributed by atoms with van der Waals surface area (Å²) in [6.45, 7) is 5.34. The van der Waals surface area contributed by atoms with E-state index >= 15 is 0 Å². The summed E-state index contributed by atoms with van der Waals surface area (Å²) in [7, 11) is 4.05. The van der Waals surface area contributed by atoms with Crippen LogP contribution in [0.15, 0.2) is 24.3 Å². The predicted molar refractivity (Wildman–Crippen MR) is 73.3 cm³/mol. The number of hydrogen-bond donors (Lipinski definition) is 1. The van der Waals surface area contributed by atoms with Gasteiger partial charge in [0.15, 0.2) is 0 Å². The van der Waals surface area contributed by atoms with E-state index < -0.39 is 0 Å². The molecule has 0 aliphatic carbocycles. The molecule has 1 rings (SSSR count). The Balaban J connectivity index is 2.60. The summed E-state index contributed by atoms with van der Waals surface area (Å²) in [6.07, 6.45) is 1.60. The molecular formula is C15H25NO. The zero-order valence-corrected chi connectivity index (χ0v) is 11.5. The molecule has 0 radical (unpaired) electrons. The van der Waals surface area contributed by atoms with E-state index in [-0.39, 0.29) is 6.10 Å². The molecule has 1 aromatic carbocycles. The molecule has 0 fully saturated rings. The minimum absolute atomic E-state index is 0.344. The second kappa shape index (κ2) is 6.77. The van der Waals surface area contributed by atoms with E-state index in [9.17, 15) is 5.11 Å². The first-order chi connectivity index (χ1) is 8.04. The van der Waals surface area contributed by atoms with Crippen molar-refractivity contribution in [3.8, 4) is 0 Å². The van der Waals surface area contributed by atoms with Gasteiger partial charge in [0.05, 0.1) is 6.10 Å². The molecule has 0 amide bonds. The molecule has 1 aromatic rings. The van der Waals surface area contributed by atoms with Crippen LogP contribution in [0.5, 0.6) is 0 Å². The van der Waals surface area contributed by atoms with Gasteiger partial charge in [-0.3, -0.25) is 0 Å². The first-order valence-electron chi connectivity index (χ1n) is 6.47. The second-order valence-corrected chi connectivity index (χ2v) is 5.08.